The lowest BCUT2D eigenvalue weighted by atomic mass is 9.89. The number of H-pyrrole nitrogens is 1. The van der Waals surface area contributed by atoms with Crippen LogP contribution in [0.4, 0.5) is 0 Å². The first-order valence-corrected chi connectivity index (χ1v) is 6.15. The van der Waals surface area contributed by atoms with Crippen LogP contribution in [0.3, 0.4) is 0 Å². The van der Waals surface area contributed by atoms with Gasteiger partial charge >= 0.3 is 0 Å². The summed E-state index contributed by atoms with van der Waals surface area (Å²) in [4.78, 5) is 8.46. The number of aromatic amines is 1. The summed E-state index contributed by atoms with van der Waals surface area (Å²) in [5.41, 5.74) is 0. The van der Waals surface area contributed by atoms with Crippen molar-refractivity contribution in [2.75, 3.05) is 0 Å². The molecular formula is C11H16N6. The third kappa shape index (κ3) is 2.35. The normalized spacial score (nSPS) is 17.4. The lowest BCUT2D eigenvalue weighted by molar-refractivity contribution is 0.429. The first-order valence-electron chi connectivity index (χ1n) is 6.15. The molecule has 0 aliphatic heterocycles. The number of nitrogens with one attached hydrogen (secondary N) is 1. The predicted octanol–water partition coefficient (Wildman–Crippen LogP) is 1.49. The van der Waals surface area contributed by atoms with Crippen LogP contribution in [-0.4, -0.2) is 29.9 Å². The maximum absolute atomic E-state index is 4.55. The quantitative estimate of drug-likeness (QED) is 0.870. The van der Waals surface area contributed by atoms with E-state index in [1.807, 2.05) is 0 Å². The molecule has 1 aliphatic carbocycles. The average Bonchev–Trinajstić information content (AvgIpc) is 3.02. The summed E-state index contributed by atoms with van der Waals surface area (Å²) in [6, 6.07) is 0. The van der Waals surface area contributed by atoms with Gasteiger partial charge in [-0.05, 0) is 12.8 Å². The Morgan fingerprint density at radius 3 is 2.94 bits per heavy atom. The molecule has 1 aliphatic rings. The van der Waals surface area contributed by atoms with Gasteiger partial charge in [0.1, 0.15) is 25.0 Å². The lowest BCUT2D eigenvalue weighted by Crippen LogP contribution is -2.06. The molecule has 0 saturated heterocycles. The van der Waals surface area contributed by atoms with E-state index in [0.717, 1.165) is 11.6 Å². The zero-order chi connectivity index (χ0) is 11.5. The molecule has 2 aromatic rings. The van der Waals surface area contributed by atoms with Gasteiger partial charge in [-0.3, -0.25) is 5.10 Å². The molecular weight excluding hydrogens is 216 g/mol. The van der Waals surface area contributed by atoms with Gasteiger partial charge in [0.15, 0.2) is 5.82 Å². The fourth-order valence-electron chi connectivity index (χ4n) is 2.39. The molecule has 1 fully saturated rings. The Morgan fingerprint density at radius 2 is 2.18 bits per heavy atom. The number of hydrogen-bond donors (Lipinski definition) is 1. The van der Waals surface area contributed by atoms with E-state index in [-0.39, 0.29) is 0 Å². The second kappa shape index (κ2) is 4.65. The summed E-state index contributed by atoms with van der Waals surface area (Å²) in [6.45, 7) is 0.611. The molecule has 90 valence electrons. The van der Waals surface area contributed by atoms with Crippen LogP contribution in [0.1, 0.15) is 49.7 Å². The highest BCUT2D eigenvalue weighted by Crippen LogP contribution is 2.30. The number of aromatic nitrogens is 6. The Kier molecular flexibility index (Phi) is 2.85. The minimum atomic E-state index is 0.546. The van der Waals surface area contributed by atoms with Crippen molar-refractivity contribution in [1.82, 2.24) is 29.9 Å². The van der Waals surface area contributed by atoms with Gasteiger partial charge in [-0.25, -0.2) is 14.6 Å². The Bertz CT molecular complexity index is 454. The van der Waals surface area contributed by atoms with Gasteiger partial charge in [0.25, 0.3) is 0 Å². The molecule has 0 unspecified atom stereocenters. The number of nitrogens with zero attached hydrogens (tertiary/aromatic N) is 5. The highest BCUT2D eigenvalue weighted by atomic mass is 15.3. The lowest BCUT2D eigenvalue weighted by Gasteiger charge is -2.17. The topological polar surface area (TPSA) is 72.3 Å². The van der Waals surface area contributed by atoms with E-state index in [2.05, 4.69) is 25.3 Å². The van der Waals surface area contributed by atoms with E-state index in [1.54, 1.807) is 11.0 Å². The number of hydrogen-bond acceptors (Lipinski definition) is 4. The Balaban J connectivity index is 1.69. The minimum Gasteiger partial charge on any atom is -0.261 e. The fourth-order valence-corrected chi connectivity index (χ4v) is 2.39. The van der Waals surface area contributed by atoms with Crippen LogP contribution >= 0.6 is 0 Å². The zero-order valence-electron chi connectivity index (χ0n) is 9.71. The van der Waals surface area contributed by atoms with Crippen LogP contribution in [0.15, 0.2) is 12.7 Å². The van der Waals surface area contributed by atoms with Gasteiger partial charge in [-0.15, -0.1) is 0 Å². The molecule has 1 N–H and O–H groups in total. The minimum absolute atomic E-state index is 0.546. The summed E-state index contributed by atoms with van der Waals surface area (Å²) in [7, 11) is 0. The highest BCUT2D eigenvalue weighted by Gasteiger charge is 2.19. The number of rotatable bonds is 3. The van der Waals surface area contributed by atoms with E-state index in [9.17, 15) is 0 Å². The maximum atomic E-state index is 4.55. The molecule has 0 aromatic carbocycles. The van der Waals surface area contributed by atoms with Gasteiger partial charge in [0.05, 0.1) is 0 Å². The molecule has 17 heavy (non-hydrogen) atoms. The molecule has 6 nitrogen and oxygen atoms in total. The van der Waals surface area contributed by atoms with Crippen molar-refractivity contribution in [2.45, 2.75) is 44.6 Å². The third-order valence-corrected chi connectivity index (χ3v) is 3.30. The molecule has 3 rings (SSSR count). The molecule has 0 radical (unpaired) electrons. The zero-order valence-corrected chi connectivity index (χ0v) is 9.71. The van der Waals surface area contributed by atoms with E-state index in [1.165, 1.54) is 38.4 Å². The van der Waals surface area contributed by atoms with Gasteiger partial charge in [0.2, 0.25) is 0 Å². The molecule has 1 saturated carbocycles. The maximum Gasteiger partial charge on any atom is 0.153 e. The smallest absolute Gasteiger partial charge is 0.153 e. The van der Waals surface area contributed by atoms with Crippen LogP contribution < -0.4 is 0 Å². The van der Waals surface area contributed by atoms with Crippen LogP contribution in [0.5, 0.6) is 0 Å². The van der Waals surface area contributed by atoms with Gasteiger partial charge in [0, 0.05) is 5.92 Å². The van der Waals surface area contributed by atoms with Crippen molar-refractivity contribution in [3.63, 3.8) is 0 Å². The van der Waals surface area contributed by atoms with E-state index in [0.29, 0.717) is 12.5 Å². The first-order chi connectivity index (χ1) is 8.42. The molecule has 6 heteroatoms. The SMILES string of the molecule is c1ncn(Cc2nc(C3CCCCC3)n[nH]2)n1. The predicted molar refractivity (Wildman–Crippen MR) is 61.3 cm³/mol. The summed E-state index contributed by atoms with van der Waals surface area (Å²) >= 11 is 0. The van der Waals surface area contributed by atoms with Crippen LogP contribution in [0.25, 0.3) is 0 Å². The van der Waals surface area contributed by atoms with Crippen molar-refractivity contribution in [3.05, 3.63) is 24.3 Å². The molecule has 0 atom stereocenters. The van der Waals surface area contributed by atoms with Crippen molar-refractivity contribution in [3.8, 4) is 0 Å². The van der Waals surface area contributed by atoms with E-state index in [4.69, 9.17) is 0 Å². The van der Waals surface area contributed by atoms with Gasteiger partial charge in [-0.2, -0.15) is 10.2 Å². The standard InChI is InChI=1S/C11H16N6/c1-2-4-9(5-3-1)11-14-10(15-16-11)6-17-8-12-7-13-17/h7-9H,1-6H2,(H,14,15,16). The van der Waals surface area contributed by atoms with Crippen molar-refractivity contribution >= 4 is 0 Å². The first kappa shape index (κ1) is 10.4. The molecule has 2 heterocycles. The Hall–Kier alpha value is -1.72. The monoisotopic (exact) mass is 232 g/mol. The second-order valence-corrected chi connectivity index (χ2v) is 4.57. The molecule has 0 spiro atoms. The van der Waals surface area contributed by atoms with E-state index >= 15 is 0 Å². The summed E-state index contributed by atoms with van der Waals surface area (Å²) in [5.74, 6) is 2.38. The average molecular weight is 232 g/mol. The third-order valence-electron chi connectivity index (χ3n) is 3.30. The Labute approximate surface area is 99.5 Å². The summed E-state index contributed by atoms with van der Waals surface area (Å²) < 4.78 is 1.74. The van der Waals surface area contributed by atoms with Crippen LogP contribution in [0.2, 0.25) is 0 Å². The second-order valence-electron chi connectivity index (χ2n) is 4.57. The van der Waals surface area contributed by atoms with Crippen LogP contribution in [-0.2, 0) is 6.54 Å². The molecule has 2 aromatic heterocycles. The summed E-state index contributed by atoms with van der Waals surface area (Å²) in [6.07, 6.45) is 9.62. The summed E-state index contributed by atoms with van der Waals surface area (Å²) in [5, 5.41) is 11.4. The highest BCUT2D eigenvalue weighted by molar-refractivity contribution is 4.99. The fraction of sp³-hybridized carbons (Fsp3) is 0.636. The van der Waals surface area contributed by atoms with Crippen molar-refractivity contribution in [2.24, 2.45) is 0 Å². The van der Waals surface area contributed by atoms with Crippen molar-refractivity contribution in [1.29, 1.82) is 0 Å². The Morgan fingerprint density at radius 1 is 1.29 bits per heavy atom. The largest absolute Gasteiger partial charge is 0.261 e. The molecule has 0 amide bonds. The van der Waals surface area contributed by atoms with Gasteiger partial charge in [-0.1, -0.05) is 19.3 Å². The van der Waals surface area contributed by atoms with Gasteiger partial charge < -0.3 is 0 Å². The van der Waals surface area contributed by atoms with Crippen LogP contribution in [0, 0.1) is 0 Å². The molecule has 0 bridgehead atoms. The van der Waals surface area contributed by atoms with Crippen molar-refractivity contribution < 1.29 is 0 Å². The van der Waals surface area contributed by atoms with E-state index < -0.39 is 0 Å².